The summed E-state index contributed by atoms with van der Waals surface area (Å²) in [5.74, 6) is -1.54. The first kappa shape index (κ1) is 16.0. The topological polar surface area (TPSA) is 77.4 Å². The van der Waals surface area contributed by atoms with Crippen LogP contribution in [0.15, 0.2) is 5.10 Å². The first-order valence-electron chi connectivity index (χ1n) is 5.49. The second kappa shape index (κ2) is 6.93. The maximum atomic E-state index is 10.9. The molecule has 0 aliphatic rings. The van der Waals surface area contributed by atoms with Crippen LogP contribution in [0.2, 0.25) is 15.2 Å². The van der Waals surface area contributed by atoms with E-state index >= 15 is 0 Å². The van der Waals surface area contributed by atoms with Gasteiger partial charge in [0.25, 0.3) is 0 Å². The fraction of sp³-hybridized carbons (Fsp3) is 0.364. The molecule has 0 fully saturated rings. The number of hydrogen-bond donors (Lipinski definition) is 1. The molecule has 8 heteroatoms. The number of nitrogens with one attached hydrogen (secondary N) is 1. The second-order valence-electron chi connectivity index (χ2n) is 3.54. The van der Waals surface area contributed by atoms with Gasteiger partial charge in [0.1, 0.15) is 10.7 Å². The van der Waals surface area contributed by atoms with Gasteiger partial charge >= 0.3 is 0 Å². The lowest BCUT2D eigenvalue weighted by Gasteiger charge is -2.12. The Morgan fingerprint density at radius 3 is 2.32 bits per heavy atom. The van der Waals surface area contributed by atoms with Crippen molar-refractivity contribution < 1.29 is 9.90 Å². The standard InChI is InChI=1S/C11H12Cl3N3O2/c1-3-5(4-2)16-17-8-6(12)9(11(18)19)15-10(14)7(8)13/h3-4H2,1-2H3,(H,15,17)(H,18,19)/p-1. The largest absolute Gasteiger partial charge is 0.543 e. The molecule has 0 saturated carbocycles. The second-order valence-corrected chi connectivity index (χ2v) is 4.65. The summed E-state index contributed by atoms with van der Waals surface area (Å²) in [5, 5.41) is 14.6. The van der Waals surface area contributed by atoms with Crippen LogP contribution in [0.25, 0.3) is 0 Å². The summed E-state index contributed by atoms with van der Waals surface area (Å²) in [5.41, 5.74) is 3.11. The average molecular weight is 324 g/mol. The summed E-state index contributed by atoms with van der Waals surface area (Å²) >= 11 is 17.6. The van der Waals surface area contributed by atoms with Crippen LogP contribution in [0.3, 0.4) is 0 Å². The quantitative estimate of drug-likeness (QED) is 0.513. The van der Waals surface area contributed by atoms with E-state index in [0.29, 0.717) is 0 Å². The zero-order chi connectivity index (χ0) is 14.6. The summed E-state index contributed by atoms with van der Waals surface area (Å²) in [7, 11) is 0. The van der Waals surface area contributed by atoms with E-state index in [9.17, 15) is 9.90 Å². The van der Waals surface area contributed by atoms with E-state index in [2.05, 4.69) is 15.5 Å². The Kier molecular flexibility index (Phi) is 5.85. The Morgan fingerprint density at radius 1 is 1.26 bits per heavy atom. The van der Waals surface area contributed by atoms with Gasteiger partial charge in [-0.15, -0.1) is 0 Å². The first-order valence-corrected chi connectivity index (χ1v) is 6.62. The lowest BCUT2D eigenvalue weighted by atomic mass is 10.2. The number of aromatic nitrogens is 1. The van der Waals surface area contributed by atoms with Crippen LogP contribution in [0, 0.1) is 0 Å². The van der Waals surface area contributed by atoms with Crippen molar-refractivity contribution in [1.82, 2.24) is 4.98 Å². The number of halogens is 3. The molecule has 5 nitrogen and oxygen atoms in total. The highest BCUT2D eigenvalue weighted by atomic mass is 35.5. The SMILES string of the molecule is CCC(CC)=NNc1c(Cl)c(Cl)nc(C(=O)[O-])c1Cl. The molecule has 0 atom stereocenters. The van der Waals surface area contributed by atoms with E-state index in [1.807, 2.05) is 13.8 Å². The van der Waals surface area contributed by atoms with E-state index in [-0.39, 0.29) is 20.9 Å². The van der Waals surface area contributed by atoms with Crippen LogP contribution in [0.5, 0.6) is 0 Å². The number of rotatable bonds is 5. The number of carbonyl (C=O) groups is 1. The lowest BCUT2D eigenvalue weighted by Crippen LogP contribution is -2.24. The molecule has 1 N–H and O–H groups in total. The number of hydrogen-bond acceptors (Lipinski definition) is 5. The molecule has 1 heterocycles. The van der Waals surface area contributed by atoms with Crippen molar-refractivity contribution in [2.45, 2.75) is 26.7 Å². The lowest BCUT2D eigenvalue weighted by molar-refractivity contribution is -0.255. The molecule has 0 aliphatic carbocycles. The van der Waals surface area contributed by atoms with Crippen molar-refractivity contribution in [1.29, 1.82) is 0 Å². The van der Waals surface area contributed by atoms with E-state index in [1.165, 1.54) is 0 Å². The molecule has 104 valence electrons. The summed E-state index contributed by atoms with van der Waals surface area (Å²) < 4.78 is 0. The fourth-order valence-electron chi connectivity index (χ4n) is 1.29. The van der Waals surface area contributed by atoms with Crippen LogP contribution in [-0.2, 0) is 0 Å². The first-order chi connectivity index (χ1) is 8.92. The molecule has 0 aromatic carbocycles. The maximum Gasteiger partial charge on any atom is 0.150 e. The van der Waals surface area contributed by atoms with Gasteiger partial charge in [0.15, 0.2) is 5.15 Å². The number of carboxylic acid groups (broad SMARTS) is 1. The molecule has 0 aliphatic heterocycles. The van der Waals surface area contributed by atoms with Crippen molar-refractivity contribution in [3.8, 4) is 0 Å². The third-order valence-corrected chi connectivity index (χ3v) is 3.48. The number of hydrazone groups is 1. The number of anilines is 1. The normalized spacial score (nSPS) is 10.2. The smallest absolute Gasteiger partial charge is 0.150 e. The highest BCUT2D eigenvalue weighted by molar-refractivity contribution is 6.46. The van der Waals surface area contributed by atoms with E-state index < -0.39 is 11.7 Å². The van der Waals surface area contributed by atoms with Gasteiger partial charge in [-0.25, -0.2) is 4.98 Å². The summed E-state index contributed by atoms with van der Waals surface area (Å²) in [4.78, 5) is 14.4. The molecule has 0 bridgehead atoms. The van der Waals surface area contributed by atoms with Crippen molar-refractivity contribution in [3.63, 3.8) is 0 Å². The Morgan fingerprint density at radius 2 is 1.84 bits per heavy atom. The molecule has 0 saturated heterocycles. The maximum absolute atomic E-state index is 10.9. The molecule has 0 amide bonds. The van der Waals surface area contributed by atoms with Gasteiger partial charge in [-0.1, -0.05) is 48.7 Å². The van der Waals surface area contributed by atoms with Crippen LogP contribution in [0.4, 0.5) is 5.69 Å². The minimum absolute atomic E-state index is 0.00646. The van der Waals surface area contributed by atoms with Crippen LogP contribution < -0.4 is 10.5 Å². The van der Waals surface area contributed by atoms with E-state index in [0.717, 1.165) is 18.6 Å². The van der Waals surface area contributed by atoms with Gasteiger partial charge in [0.05, 0.1) is 16.7 Å². The molecule has 1 aromatic heterocycles. The Hall–Kier alpha value is -1.04. The third-order valence-electron chi connectivity index (χ3n) is 2.37. The van der Waals surface area contributed by atoms with Crippen LogP contribution in [0.1, 0.15) is 37.2 Å². The molecular weight excluding hydrogens is 312 g/mol. The predicted octanol–water partition coefficient (Wildman–Crippen LogP) is 2.99. The van der Waals surface area contributed by atoms with E-state index in [4.69, 9.17) is 34.8 Å². The van der Waals surface area contributed by atoms with Gasteiger partial charge < -0.3 is 9.90 Å². The van der Waals surface area contributed by atoms with Gasteiger partial charge in [-0.05, 0) is 12.8 Å². The van der Waals surface area contributed by atoms with Gasteiger partial charge in [0, 0.05) is 5.71 Å². The number of carboxylic acids is 1. The van der Waals surface area contributed by atoms with Crippen molar-refractivity contribution in [2.24, 2.45) is 5.10 Å². The number of carbonyl (C=O) groups excluding carboxylic acids is 1. The van der Waals surface area contributed by atoms with Crippen LogP contribution in [-0.4, -0.2) is 16.7 Å². The number of pyridine rings is 1. The third kappa shape index (κ3) is 3.72. The zero-order valence-electron chi connectivity index (χ0n) is 10.3. The zero-order valence-corrected chi connectivity index (χ0v) is 12.5. The summed E-state index contributed by atoms with van der Waals surface area (Å²) in [6.07, 6.45) is 1.48. The minimum atomic E-state index is -1.54. The van der Waals surface area contributed by atoms with E-state index in [1.54, 1.807) is 0 Å². The molecular formula is C11H11Cl3N3O2-. The molecule has 0 unspecified atom stereocenters. The van der Waals surface area contributed by atoms with Gasteiger partial charge in [0.2, 0.25) is 0 Å². The Labute approximate surface area is 125 Å². The Balaban J connectivity index is 3.26. The van der Waals surface area contributed by atoms with Crippen molar-refractivity contribution >= 4 is 52.2 Å². The Bertz CT molecular complexity index is 526. The monoisotopic (exact) mass is 322 g/mol. The van der Waals surface area contributed by atoms with Gasteiger partial charge in [-0.2, -0.15) is 5.10 Å². The van der Waals surface area contributed by atoms with Crippen molar-refractivity contribution in [2.75, 3.05) is 5.43 Å². The summed E-state index contributed by atoms with van der Waals surface area (Å²) in [6.45, 7) is 3.89. The van der Waals surface area contributed by atoms with Crippen molar-refractivity contribution in [3.05, 3.63) is 20.9 Å². The van der Waals surface area contributed by atoms with Crippen LogP contribution >= 0.6 is 34.8 Å². The molecule has 0 radical (unpaired) electrons. The molecule has 19 heavy (non-hydrogen) atoms. The number of nitrogens with zero attached hydrogens (tertiary/aromatic N) is 2. The predicted molar refractivity (Wildman–Crippen MR) is 75.2 cm³/mol. The molecule has 1 rings (SSSR count). The molecule has 1 aromatic rings. The fourth-order valence-corrected chi connectivity index (χ4v) is 1.95. The highest BCUT2D eigenvalue weighted by Crippen LogP contribution is 2.36. The highest BCUT2D eigenvalue weighted by Gasteiger charge is 2.17. The number of aromatic carboxylic acids is 1. The summed E-state index contributed by atoms with van der Waals surface area (Å²) in [6, 6.07) is 0. The average Bonchev–Trinajstić information content (AvgIpc) is 2.38. The minimum Gasteiger partial charge on any atom is -0.543 e. The molecule has 0 spiro atoms. The van der Waals surface area contributed by atoms with Gasteiger partial charge in [-0.3, -0.25) is 5.43 Å².